The maximum absolute atomic E-state index is 12.4. The van der Waals surface area contributed by atoms with E-state index >= 15 is 0 Å². The molecule has 0 radical (unpaired) electrons. The molecule has 0 aliphatic rings. The van der Waals surface area contributed by atoms with Crippen LogP contribution in [0.5, 0.6) is 5.75 Å². The van der Waals surface area contributed by atoms with Gasteiger partial charge in [-0.25, -0.2) is 4.79 Å². The second-order valence-electron chi connectivity index (χ2n) is 6.04. The van der Waals surface area contributed by atoms with Gasteiger partial charge in [-0.2, -0.15) is 0 Å². The zero-order valence-electron chi connectivity index (χ0n) is 15.5. The molecule has 0 saturated carbocycles. The summed E-state index contributed by atoms with van der Waals surface area (Å²) < 4.78 is 10.3. The molecule has 2 amide bonds. The number of halogens is 1. The van der Waals surface area contributed by atoms with Crippen LogP contribution in [0.25, 0.3) is 0 Å². The van der Waals surface area contributed by atoms with Gasteiger partial charge in [0.1, 0.15) is 5.75 Å². The molecule has 0 aliphatic carbocycles. The van der Waals surface area contributed by atoms with Crippen LogP contribution < -0.4 is 15.8 Å². The van der Waals surface area contributed by atoms with Crippen LogP contribution in [0.3, 0.4) is 0 Å². The average Bonchev–Trinajstić information content (AvgIpc) is 2.67. The van der Waals surface area contributed by atoms with Gasteiger partial charge in [-0.15, -0.1) is 0 Å². The minimum Gasteiger partial charge on any atom is -0.497 e. The van der Waals surface area contributed by atoms with Crippen molar-refractivity contribution in [1.29, 1.82) is 0 Å². The molecule has 2 aromatic rings. The average molecular weight is 405 g/mol. The van der Waals surface area contributed by atoms with Crippen molar-refractivity contribution in [3.05, 3.63) is 64.7 Å². The molecule has 0 bridgehead atoms. The molecule has 0 spiro atoms. The standard InChI is InChI=1S/C20H21ClN2O5/c1-12(19(25)14-5-9-16(27-2)10-6-14)28-18(24)11-17(23-20(22)26)13-3-7-15(21)8-4-13/h3-10,12,17H,11H2,1-2H3,(H3,22,23,26)/t12-,17+/m1/s1. The Morgan fingerprint density at radius 2 is 1.68 bits per heavy atom. The van der Waals surface area contributed by atoms with Gasteiger partial charge in [0.25, 0.3) is 0 Å². The second kappa shape index (κ2) is 9.75. The molecule has 0 unspecified atom stereocenters. The summed E-state index contributed by atoms with van der Waals surface area (Å²) >= 11 is 5.86. The first-order valence-electron chi connectivity index (χ1n) is 8.49. The predicted octanol–water partition coefficient (Wildman–Crippen LogP) is 3.26. The number of carbonyl (C=O) groups excluding carboxylic acids is 3. The Bertz CT molecular complexity index is 837. The summed E-state index contributed by atoms with van der Waals surface area (Å²) in [6.07, 6.45) is -1.18. The van der Waals surface area contributed by atoms with Crippen molar-refractivity contribution >= 4 is 29.4 Å². The number of primary amides is 1. The van der Waals surface area contributed by atoms with Gasteiger partial charge in [-0.1, -0.05) is 23.7 Å². The van der Waals surface area contributed by atoms with Gasteiger partial charge < -0.3 is 20.5 Å². The third-order valence-corrected chi connectivity index (χ3v) is 4.26. The van der Waals surface area contributed by atoms with Crippen LogP contribution in [0.2, 0.25) is 5.02 Å². The van der Waals surface area contributed by atoms with E-state index in [4.69, 9.17) is 26.8 Å². The Hall–Kier alpha value is -3.06. The zero-order chi connectivity index (χ0) is 20.7. The molecule has 0 heterocycles. The number of Topliss-reactive ketones (excluding diaryl/α,β-unsaturated/α-hetero) is 1. The molecule has 2 aromatic carbocycles. The van der Waals surface area contributed by atoms with E-state index < -0.39 is 24.1 Å². The number of nitrogens with two attached hydrogens (primary N) is 1. The van der Waals surface area contributed by atoms with E-state index in [1.807, 2.05) is 0 Å². The van der Waals surface area contributed by atoms with Gasteiger partial charge in [0.2, 0.25) is 5.78 Å². The fourth-order valence-corrected chi connectivity index (χ4v) is 2.70. The Balaban J connectivity index is 2.02. The van der Waals surface area contributed by atoms with Gasteiger partial charge in [0.15, 0.2) is 6.10 Å². The highest BCUT2D eigenvalue weighted by atomic mass is 35.5. The van der Waals surface area contributed by atoms with Crippen LogP contribution in [0, 0.1) is 0 Å². The summed E-state index contributed by atoms with van der Waals surface area (Å²) in [5.74, 6) is -0.380. The minimum absolute atomic E-state index is 0.190. The normalized spacial score (nSPS) is 12.5. The topological polar surface area (TPSA) is 108 Å². The lowest BCUT2D eigenvalue weighted by Gasteiger charge is -2.19. The molecule has 7 nitrogen and oxygen atoms in total. The SMILES string of the molecule is COc1ccc(C(=O)[C@@H](C)OC(=O)C[C@H](NC(N)=O)c2ccc(Cl)cc2)cc1. The number of ether oxygens (including phenoxy) is 2. The van der Waals surface area contributed by atoms with Gasteiger partial charge in [-0.3, -0.25) is 9.59 Å². The lowest BCUT2D eigenvalue weighted by molar-refractivity contribution is -0.146. The molecular weight excluding hydrogens is 384 g/mol. The zero-order valence-corrected chi connectivity index (χ0v) is 16.2. The number of rotatable bonds is 8. The summed E-state index contributed by atoms with van der Waals surface area (Å²) in [7, 11) is 1.53. The van der Waals surface area contributed by atoms with Gasteiger partial charge in [-0.05, 0) is 48.9 Å². The number of carbonyl (C=O) groups is 3. The highest BCUT2D eigenvalue weighted by Crippen LogP contribution is 2.21. The first kappa shape index (κ1) is 21.2. The number of esters is 1. The minimum atomic E-state index is -0.986. The molecule has 8 heteroatoms. The Morgan fingerprint density at radius 1 is 1.07 bits per heavy atom. The summed E-state index contributed by atoms with van der Waals surface area (Å²) in [5.41, 5.74) is 6.22. The van der Waals surface area contributed by atoms with E-state index in [0.29, 0.717) is 21.9 Å². The highest BCUT2D eigenvalue weighted by molar-refractivity contribution is 6.30. The number of urea groups is 1. The maximum Gasteiger partial charge on any atom is 0.312 e. The predicted molar refractivity (Wildman–Crippen MR) is 104 cm³/mol. The molecule has 2 rings (SSSR count). The number of amides is 2. The molecule has 2 atom stereocenters. The van der Waals surface area contributed by atoms with E-state index in [1.165, 1.54) is 14.0 Å². The molecule has 148 valence electrons. The number of ketones is 1. The third-order valence-electron chi connectivity index (χ3n) is 4.01. The number of nitrogens with one attached hydrogen (secondary N) is 1. The molecule has 0 fully saturated rings. The van der Waals surface area contributed by atoms with Gasteiger partial charge in [0, 0.05) is 10.6 Å². The molecule has 0 aliphatic heterocycles. The van der Waals surface area contributed by atoms with Crippen LogP contribution in [-0.4, -0.2) is 31.0 Å². The van der Waals surface area contributed by atoms with Crippen molar-refractivity contribution < 1.29 is 23.9 Å². The highest BCUT2D eigenvalue weighted by Gasteiger charge is 2.23. The van der Waals surface area contributed by atoms with Crippen molar-refractivity contribution in [2.75, 3.05) is 7.11 Å². The van der Waals surface area contributed by atoms with Gasteiger partial charge in [0.05, 0.1) is 19.6 Å². The van der Waals surface area contributed by atoms with Crippen molar-refractivity contribution in [3.8, 4) is 5.75 Å². The van der Waals surface area contributed by atoms with Crippen molar-refractivity contribution in [2.45, 2.75) is 25.5 Å². The smallest absolute Gasteiger partial charge is 0.312 e. The summed E-state index contributed by atoms with van der Waals surface area (Å²) in [4.78, 5) is 36.0. The largest absolute Gasteiger partial charge is 0.497 e. The first-order chi connectivity index (χ1) is 13.3. The van der Waals surface area contributed by atoms with E-state index in [-0.39, 0.29) is 12.2 Å². The monoisotopic (exact) mass is 404 g/mol. The lowest BCUT2D eigenvalue weighted by atomic mass is 10.0. The van der Waals surface area contributed by atoms with Crippen LogP contribution in [0.15, 0.2) is 48.5 Å². The van der Waals surface area contributed by atoms with Crippen LogP contribution in [0.4, 0.5) is 4.79 Å². The maximum atomic E-state index is 12.4. The van der Waals surface area contributed by atoms with E-state index in [9.17, 15) is 14.4 Å². The van der Waals surface area contributed by atoms with Gasteiger partial charge >= 0.3 is 12.0 Å². The molecular formula is C20H21ClN2O5. The number of hydrogen-bond acceptors (Lipinski definition) is 5. The van der Waals surface area contributed by atoms with Crippen LogP contribution >= 0.6 is 11.6 Å². The Labute approximate surface area is 167 Å². The van der Waals surface area contributed by atoms with Crippen molar-refractivity contribution in [1.82, 2.24) is 5.32 Å². The molecule has 28 heavy (non-hydrogen) atoms. The Kier molecular flexibility index (Phi) is 7.40. The quantitative estimate of drug-likeness (QED) is 0.518. The van der Waals surface area contributed by atoms with Crippen molar-refractivity contribution in [3.63, 3.8) is 0 Å². The van der Waals surface area contributed by atoms with E-state index in [2.05, 4.69) is 5.32 Å². The lowest BCUT2D eigenvalue weighted by Crippen LogP contribution is -2.35. The Morgan fingerprint density at radius 3 is 2.21 bits per heavy atom. The summed E-state index contributed by atoms with van der Waals surface area (Å²) in [5, 5.41) is 3.01. The fourth-order valence-electron chi connectivity index (χ4n) is 2.57. The summed E-state index contributed by atoms with van der Waals surface area (Å²) in [6.45, 7) is 1.49. The molecule has 0 saturated heterocycles. The number of benzene rings is 2. The first-order valence-corrected chi connectivity index (χ1v) is 8.87. The van der Waals surface area contributed by atoms with E-state index in [1.54, 1.807) is 48.5 Å². The molecule has 0 aromatic heterocycles. The van der Waals surface area contributed by atoms with E-state index in [0.717, 1.165) is 0 Å². The third kappa shape index (κ3) is 5.99. The van der Waals surface area contributed by atoms with Crippen molar-refractivity contribution in [2.24, 2.45) is 5.73 Å². The number of methoxy groups -OCH3 is 1. The summed E-state index contributed by atoms with van der Waals surface area (Å²) in [6, 6.07) is 11.6. The molecule has 3 N–H and O–H groups in total. The second-order valence-corrected chi connectivity index (χ2v) is 6.48. The fraction of sp³-hybridized carbons (Fsp3) is 0.250. The number of hydrogen-bond donors (Lipinski definition) is 2. The van der Waals surface area contributed by atoms with Crippen LogP contribution in [-0.2, 0) is 9.53 Å². The van der Waals surface area contributed by atoms with Crippen LogP contribution in [0.1, 0.15) is 35.3 Å².